The zero-order valence-electron chi connectivity index (χ0n) is 15.5. The lowest BCUT2D eigenvalue weighted by Gasteiger charge is -2.47. The number of fused-ring (bicyclic) bond motifs is 2. The van der Waals surface area contributed by atoms with Crippen molar-refractivity contribution < 1.29 is 14.4 Å². The number of imide groups is 1. The summed E-state index contributed by atoms with van der Waals surface area (Å²) in [5, 5.41) is 2.85. The van der Waals surface area contributed by atoms with Gasteiger partial charge in [0.15, 0.2) is 0 Å². The maximum atomic E-state index is 12.9. The summed E-state index contributed by atoms with van der Waals surface area (Å²) in [5.74, 6) is -0.365. The molecular weight excluding hydrogens is 396 g/mol. The van der Waals surface area contributed by atoms with Gasteiger partial charge >= 0.3 is 0 Å². The van der Waals surface area contributed by atoms with Crippen molar-refractivity contribution in [2.24, 2.45) is 16.7 Å². The van der Waals surface area contributed by atoms with E-state index in [2.05, 4.69) is 21.2 Å². The van der Waals surface area contributed by atoms with E-state index in [9.17, 15) is 14.4 Å². The Bertz CT molecular complexity index is 761. The monoisotopic (exact) mass is 420 g/mol. The van der Waals surface area contributed by atoms with Crippen LogP contribution in [0.15, 0.2) is 28.7 Å². The van der Waals surface area contributed by atoms with E-state index in [0.717, 1.165) is 23.0 Å². The van der Waals surface area contributed by atoms with Crippen molar-refractivity contribution in [1.29, 1.82) is 0 Å². The lowest BCUT2D eigenvalue weighted by molar-refractivity contribution is -0.168. The molecule has 1 aliphatic heterocycles. The smallest absolute Gasteiger partial charge is 0.235 e. The first-order valence-electron chi connectivity index (χ1n) is 9.08. The molecule has 3 amide bonds. The first kappa shape index (κ1) is 19.1. The van der Waals surface area contributed by atoms with Gasteiger partial charge in [0.1, 0.15) is 0 Å². The van der Waals surface area contributed by atoms with Gasteiger partial charge in [0.2, 0.25) is 17.7 Å². The maximum absolute atomic E-state index is 12.9. The van der Waals surface area contributed by atoms with Crippen molar-refractivity contribution in [2.45, 2.75) is 46.5 Å². The summed E-state index contributed by atoms with van der Waals surface area (Å²) in [7, 11) is 0. The summed E-state index contributed by atoms with van der Waals surface area (Å²) in [6, 6.07) is 7.41. The predicted octanol–water partition coefficient (Wildman–Crippen LogP) is 3.98. The molecule has 2 atom stereocenters. The molecule has 3 rings (SSSR count). The number of halogens is 1. The summed E-state index contributed by atoms with van der Waals surface area (Å²) in [6.45, 7) is 6.35. The minimum Gasteiger partial charge on any atom is -0.325 e. The Labute approximate surface area is 162 Å². The molecule has 2 aliphatic rings. The number of amides is 3. The summed E-state index contributed by atoms with van der Waals surface area (Å²) in [5.41, 5.74) is -0.0629. The van der Waals surface area contributed by atoms with Gasteiger partial charge in [-0.2, -0.15) is 0 Å². The number of hydrogen-bond acceptors (Lipinski definition) is 3. The number of carbonyl (C=O) groups excluding carboxylic acids is 3. The fraction of sp³-hybridized carbons (Fsp3) is 0.550. The number of para-hydroxylation sites is 1. The van der Waals surface area contributed by atoms with E-state index in [1.165, 1.54) is 4.90 Å². The van der Waals surface area contributed by atoms with Crippen LogP contribution in [0.25, 0.3) is 0 Å². The number of hydrogen-bond donors (Lipinski definition) is 1. The van der Waals surface area contributed by atoms with Gasteiger partial charge in [-0.1, -0.05) is 32.9 Å². The van der Waals surface area contributed by atoms with Crippen LogP contribution >= 0.6 is 15.9 Å². The van der Waals surface area contributed by atoms with E-state index >= 15 is 0 Å². The molecule has 140 valence electrons. The van der Waals surface area contributed by atoms with Crippen LogP contribution in [0.5, 0.6) is 0 Å². The summed E-state index contributed by atoms with van der Waals surface area (Å²) < 4.78 is 0.821. The van der Waals surface area contributed by atoms with Crippen LogP contribution in [0.3, 0.4) is 0 Å². The second-order valence-corrected chi connectivity index (χ2v) is 8.93. The normalized spacial score (nSPS) is 26.9. The molecule has 1 saturated carbocycles. The highest BCUT2D eigenvalue weighted by atomic mass is 79.9. The molecule has 1 aromatic rings. The summed E-state index contributed by atoms with van der Waals surface area (Å²) in [4.78, 5) is 39.3. The molecule has 1 aromatic carbocycles. The molecule has 1 saturated heterocycles. The molecule has 2 unspecified atom stereocenters. The SMILES string of the molecule is CC12CCC(C(=O)N(CCCC(=O)Nc3ccccc3Br)C1=O)C2(C)C. The van der Waals surface area contributed by atoms with Crippen LogP contribution in [0, 0.1) is 16.7 Å². The van der Waals surface area contributed by atoms with Crippen LogP contribution in [0.2, 0.25) is 0 Å². The van der Waals surface area contributed by atoms with E-state index in [-0.39, 0.29) is 35.5 Å². The number of carbonyl (C=O) groups is 3. The first-order valence-corrected chi connectivity index (χ1v) is 9.88. The third-order valence-electron chi connectivity index (χ3n) is 6.44. The second-order valence-electron chi connectivity index (χ2n) is 8.07. The van der Waals surface area contributed by atoms with Gasteiger partial charge in [0.05, 0.1) is 11.1 Å². The zero-order chi connectivity index (χ0) is 19.1. The highest BCUT2D eigenvalue weighted by molar-refractivity contribution is 9.10. The molecule has 0 spiro atoms. The Balaban J connectivity index is 1.59. The quantitative estimate of drug-likeness (QED) is 0.732. The molecule has 2 fully saturated rings. The first-order chi connectivity index (χ1) is 12.2. The molecular formula is C20H25BrN2O3. The van der Waals surface area contributed by atoms with Crippen molar-refractivity contribution in [1.82, 2.24) is 4.90 Å². The lowest BCUT2D eigenvalue weighted by Crippen LogP contribution is -2.59. The minimum atomic E-state index is -0.483. The fourth-order valence-corrected chi connectivity index (χ4v) is 4.67. The summed E-state index contributed by atoms with van der Waals surface area (Å²) >= 11 is 3.40. The lowest BCUT2D eigenvalue weighted by atomic mass is 9.62. The van der Waals surface area contributed by atoms with E-state index in [4.69, 9.17) is 0 Å². The van der Waals surface area contributed by atoms with E-state index in [1.807, 2.05) is 45.0 Å². The van der Waals surface area contributed by atoms with Crippen molar-refractivity contribution in [3.8, 4) is 0 Å². The topological polar surface area (TPSA) is 66.5 Å². The van der Waals surface area contributed by atoms with E-state index in [1.54, 1.807) is 0 Å². The predicted molar refractivity (Wildman–Crippen MR) is 103 cm³/mol. The number of likely N-dealkylation sites (tertiary alicyclic amines) is 1. The van der Waals surface area contributed by atoms with E-state index in [0.29, 0.717) is 13.0 Å². The number of nitrogens with one attached hydrogen (secondary N) is 1. The van der Waals surface area contributed by atoms with Crippen molar-refractivity contribution in [3.63, 3.8) is 0 Å². The number of piperidine rings is 1. The Kier molecular flexibility index (Phi) is 4.99. The number of benzene rings is 1. The van der Waals surface area contributed by atoms with Crippen LogP contribution in [-0.2, 0) is 14.4 Å². The van der Waals surface area contributed by atoms with Crippen LogP contribution in [0.1, 0.15) is 46.5 Å². The molecule has 2 bridgehead atoms. The Hall–Kier alpha value is -1.69. The maximum Gasteiger partial charge on any atom is 0.235 e. The van der Waals surface area contributed by atoms with Gasteiger partial charge in [-0.05, 0) is 52.7 Å². The van der Waals surface area contributed by atoms with E-state index < -0.39 is 5.41 Å². The van der Waals surface area contributed by atoms with Crippen LogP contribution in [-0.4, -0.2) is 29.2 Å². The van der Waals surface area contributed by atoms with Gasteiger partial charge < -0.3 is 5.32 Å². The minimum absolute atomic E-state index is 0.0683. The highest BCUT2D eigenvalue weighted by Gasteiger charge is 2.64. The van der Waals surface area contributed by atoms with Crippen LogP contribution in [0.4, 0.5) is 5.69 Å². The number of rotatable bonds is 5. The average molecular weight is 421 g/mol. The number of anilines is 1. The second kappa shape index (κ2) is 6.80. The Morgan fingerprint density at radius 1 is 1.27 bits per heavy atom. The van der Waals surface area contributed by atoms with Gasteiger partial charge in [-0.3, -0.25) is 19.3 Å². The third kappa shape index (κ3) is 2.98. The zero-order valence-corrected chi connectivity index (χ0v) is 17.1. The molecule has 0 aromatic heterocycles. The molecule has 6 heteroatoms. The van der Waals surface area contributed by atoms with Crippen molar-refractivity contribution in [3.05, 3.63) is 28.7 Å². The van der Waals surface area contributed by atoms with Crippen molar-refractivity contribution >= 4 is 39.3 Å². The standard InChI is InChI=1S/C20H25BrN2O3/c1-19(2)13-10-11-20(19,3)18(26)23(17(13)25)12-6-9-16(24)22-15-8-5-4-7-14(15)21/h4-5,7-8,13H,6,9-12H2,1-3H3,(H,22,24). The molecule has 26 heavy (non-hydrogen) atoms. The molecule has 5 nitrogen and oxygen atoms in total. The fourth-order valence-electron chi connectivity index (χ4n) is 4.29. The Morgan fingerprint density at radius 2 is 1.96 bits per heavy atom. The summed E-state index contributed by atoms with van der Waals surface area (Å²) in [6.07, 6.45) is 2.27. The highest BCUT2D eigenvalue weighted by Crippen LogP contribution is 2.60. The van der Waals surface area contributed by atoms with Crippen molar-refractivity contribution in [2.75, 3.05) is 11.9 Å². The average Bonchev–Trinajstić information content (AvgIpc) is 2.77. The Morgan fingerprint density at radius 3 is 2.65 bits per heavy atom. The van der Waals surface area contributed by atoms with Gasteiger partial charge in [-0.25, -0.2) is 0 Å². The molecule has 0 radical (unpaired) electrons. The molecule has 1 aliphatic carbocycles. The molecule has 1 N–H and O–H groups in total. The molecule has 1 heterocycles. The third-order valence-corrected chi connectivity index (χ3v) is 7.13. The number of nitrogens with zero attached hydrogens (tertiary/aromatic N) is 1. The van der Waals surface area contributed by atoms with Gasteiger partial charge in [0, 0.05) is 23.4 Å². The van der Waals surface area contributed by atoms with Crippen LogP contribution < -0.4 is 5.32 Å². The van der Waals surface area contributed by atoms with Gasteiger partial charge in [0.25, 0.3) is 0 Å². The largest absolute Gasteiger partial charge is 0.325 e. The van der Waals surface area contributed by atoms with Gasteiger partial charge in [-0.15, -0.1) is 0 Å².